The van der Waals surface area contributed by atoms with Gasteiger partial charge in [0.05, 0.1) is 6.20 Å². The molecule has 0 aliphatic carbocycles. The van der Waals surface area contributed by atoms with Crippen LogP contribution in [0, 0.1) is 5.92 Å². The highest BCUT2D eigenvalue weighted by molar-refractivity contribution is 5.27. The van der Waals surface area contributed by atoms with Crippen LogP contribution in [0.2, 0.25) is 0 Å². The topological polar surface area (TPSA) is 41.3 Å². The highest BCUT2D eigenvalue weighted by atomic mass is 16.3. The van der Waals surface area contributed by atoms with E-state index in [1.54, 1.807) is 6.07 Å². The first-order valence-electron chi connectivity index (χ1n) is 7.00. The first-order valence-corrected chi connectivity index (χ1v) is 7.00. The molecule has 0 amide bonds. The number of aryl methyl sites for hydroxylation is 1. The summed E-state index contributed by atoms with van der Waals surface area (Å²) in [5, 5.41) is 13.8. The molecule has 0 aliphatic heterocycles. The molecule has 0 unspecified atom stereocenters. The number of benzene rings is 1. The van der Waals surface area contributed by atoms with Gasteiger partial charge in [0.15, 0.2) is 0 Å². The van der Waals surface area contributed by atoms with E-state index in [-0.39, 0.29) is 0 Å². The number of aromatic hydroxyl groups is 1. The Labute approximate surface area is 120 Å². The summed E-state index contributed by atoms with van der Waals surface area (Å²) in [4.78, 5) is 2.39. The summed E-state index contributed by atoms with van der Waals surface area (Å²) in [6.07, 6.45) is 3.96. The molecule has 2 aromatic rings. The molecule has 0 atom stereocenters. The fourth-order valence-electron chi connectivity index (χ4n) is 2.43. The monoisotopic (exact) mass is 273 g/mol. The molecule has 4 nitrogen and oxygen atoms in total. The molecule has 1 N–H and O–H groups in total. The fourth-order valence-corrected chi connectivity index (χ4v) is 2.43. The van der Waals surface area contributed by atoms with Crippen molar-refractivity contribution in [2.24, 2.45) is 13.0 Å². The molecule has 1 heterocycles. The normalized spacial score (nSPS) is 11.4. The van der Waals surface area contributed by atoms with Gasteiger partial charge in [0.1, 0.15) is 5.75 Å². The maximum atomic E-state index is 9.57. The van der Waals surface area contributed by atoms with E-state index in [4.69, 9.17) is 0 Å². The molecule has 0 saturated heterocycles. The Hall–Kier alpha value is -1.81. The van der Waals surface area contributed by atoms with Gasteiger partial charge in [0.2, 0.25) is 0 Å². The number of phenols is 1. The Morgan fingerprint density at radius 2 is 2.00 bits per heavy atom. The van der Waals surface area contributed by atoms with Crippen LogP contribution in [0.25, 0.3) is 0 Å². The molecule has 4 heteroatoms. The smallest absolute Gasteiger partial charge is 0.115 e. The van der Waals surface area contributed by atoms with Gasteiger partial charge in [-0.25, -0.2) is 0 Å². The van der Waals surface area contributed by atoms with Crippen molar-refractivity contribution in [3.05, 3.63) is 47.8 Å². The summed E-state index contributed by atoms with van der Waals surface area (Å²) in [7, 11) is 1.94. The number of nitrogens with zero attached hydrogens (tertiary/aromatic N) is 3. The number of phenolic OH excluding ortho intramolecular Hbond substituents is 1. The van der Waals surface area contributed by atoms with E-state index in [2.05, 4.69) is 36.1 Å². The zero-order valence-electron chi connectivity index (χ0n) is 12.5. The Morgan fingerprint density at radius 1 is 1.25 bits per heavy atom. The standard InChI is InChI=1S/C16H23N3O/c1-13(2)9-19(12-15-8-17-18(3)10-15)11-14-5-4-6-16(20)7-14/h4-8,10,13,20H,9,11-12H2,1-3H3. The van der Waals surface area contributed by atoms with E-state index in [0.29, 0.717) is 11.7 Å². The lowest BCUT2D eigenvalue weighted by molar-refractivity contribution is 0.227. The van der Waals surface area contributed by atoms with Crippen LogP contribution < -0.4 is 0 Å². The van der Waals surface area contributed by atoms with E-state index in [0.717, 1.165) is 25.2 Å². The third-order valence-electron chi connectivity index (χ3n) is 3.10. The highest BCUT2D eigenvalue weighted by Crippen LogP contribution is 2.15. The third-order valence-corrected chi connectivity index (χ3v) is 3.10. The summed E-state index contributed by atoms with van der Waals surface area (Å²) < 4.78 is 1.83. The molecule has 1 aromatic heterocycles. The van der Waals surface area contributed by atoms with E-state index in [1.807, 2.05) is 30.1 Å². The van der Waals surface area contributed by atoms with Gasteiger partial charge in [-0.05, 0) is 23.6 Å². The summed E-state index contributed by atoms with van der Waals surface area (Å²) in [6.45, 7) is 7.17. The van der Waals surface area contributed by atoms with Crippen LogP contribution in [0.1, 0.15) is 25.0 Å². The largest absolute Gasteiger partial charge is 0.508 e. The second-order valence-corrected chi connectivity index (χ2v) is 5.76. The molecule has 0 radical (unpaired) electrons. The second kappa shape index (κ2) is 6.57. The second-order valence-electron chi connectivity index (χ2n) is 5.76. The number of rotatable bonds is 6. The molecule has 1 aromatic carbocycles. The van der Waals surface area contributed by atoms with Crippen molar-refractivity contribution in [3.8, 4) is 5.75 Å². The molecular formula is C16H23N3O. The van der Waals surface area contributed by atoms with Crippen molar-refractivity contribution in [2.45, 2.75) is 26.9 Å². The van der Waals surface area contributed by atoms with Crippen LogP contribution >= 0.6 is 0 Å². The van der Waals surface area contributed by atoms with Crippen LogP contribution in [0.15, 0.2) is 36.7 Å². The highest BCUT2D eigenvalue weighted by Gasteiger charge is 2.10. The number of hydrogen-bond acceptors (Lipinski definition) is 3. The first-order chi connectivity index (χ1) is 9.52. The Bertz CT molecular complexity index is 548. The summed E-state index contributed by atoms with van der Waals surface area (Å²) in [6, 6.07) is 7.48. The molecule has 108 valence electrons. The van der Waals surface area contributed by atoms with Gasteiger partial charge in [0, 0.05) is 38.4 Å². The van der Waals surface area contributed by atoms with Crippen molar-refractivity contribution >= 4 is 0 Å². The minimum Gasteiger partial charge on any atom is -0.508 e. The Kier molecular flexibility index (Phi) is 4.79. The molecule has 2 rings (SSSR count). The lowest BCUT2D eigenvalue weighted by Crippen LogP contribution is -2.26. The van der Waals surface area contributed by atoms with Gasteiger partial charge in [0.25, 0.3) is 0 Å². The average Bonchev–Trinajstić information content (AvgIpc) is 2.73. The molecule has 0 bridgehead atoms. The molecule has 0 fully saturated rings. The van der Waals surface area contributed by atoms with E-state index in [1.165, 1.54) is 5.56 Å². The quantitative estimate of drug-likeness (QED) is 0.880. The lowest BCUT2D eigenvalue weighted by Gasteiger charge is -2.23. The van der Waals surface area contributed by atoms with Crippen LogP contribution in [0.5, 0.6) is 5.75 Å². The molecule has 20 heavy (non-hydrogen) atoms. The van der Waals surface area contributed by atoms with Gasteiger partial charge >= 0.3 is 0 Å². The van der Waals surface area contributed by atoms with Gasteiger partial charge in [-0.2, -0.15) is 5.10 Å². The SMILES string of the molecule is CC(C)CN(Cc1cccc(O)c1)Cc1cnn(C)c1. The van der Waals surface area contributed by atoms with Gasteiger partial charge in [-0.1, -0.05) is 26.0 Å². The molecule has 0 saturated carbocycles. The Morgan fingerprint density at radius 3 is 2.60 bits per heavy atom. The van der Waals surface area contributed by atoms with Gasteiger partial charge in [-0.15, -0.1) is 0 Å². The van der Waals surface area contributed by atoms with Gasteiger partial charge < -0.3 is 5.11 Å². The fraction of sp³-hybridized carbons (Fsp3) is 0.438. The van der Waals surface area contributed by atoms with Crippen molar-refractivity contribution < 1.29 is 5.11 Å². The zero-order valence-corrected chi connectivity index (χ0v) is 12.5. The summed E-state index contributed by atoms with van der Waals surface area (Å²) in [5.74, 6) is 0.928. The van der Waals surface area contributed by atoms with Crippen LogP contribution in [0.3, 0.4) is 0 Å². The van der Waals surface area contributed by atoms with E-state index in [9.17, 15) is 5.11 Å². The van der Waals surface area contributed by atoms with Crippen molar-refractivity contribution in [1.82, 2.24) is 14.7 Å². The average molecular weight is 273 g/mol. The van der Waals surface area contributed by atoms with Crippen molar-refractivity contribution in [3.63, 3.8) is 0 Å². The van der Waals surface area contributed by atoms with Crippen LogP contribution in [-0.4, -0.2) is 26.3 Å². The molecule has 0 spiro atoms. The molecule has 0 aliphatic rings. The van der Waals surface area contributed by atoms with Gasteiger partial charge in [-0.3, -0.25) is 9.58 Å². The summed E-state index contributed by atoms with van der Waals surface area (Å²) in [5.41, 5.74) is 2.35. The molecular weight excluding hydrogens is 250 g/mol. The van der Waals surface area contributed by atoms with E-state index < -0.39 is 0 Å². The minimum atomic E-state index is 0.327. The van der Waals surface area contributed by atoms with E-state index >= 15 is 0 Å². The lowest BCUT2D eigenvalue weighted by atomic mass is 10.1. The maximum Gasteiger partial charge on any atom is 0.115 e. The Balaban J connectivity index is 2.07. The van der Waals surface area contributed by atoms with Crippen LogP contribution in [0.4, 0.5) is 0 Å². The zero-order chi connectivity index (χ0) is 14.5. The van der Waals surface area contributed by atoms with Crippen LogP contribution in [-0.2, 0) is 20.1 Å². The maximum absolute atomic E-state index is 9.57. The third kappa shape index (κ3) is 4.38. The number of aromatic nitrogens is 2. The van der Waals surface area contributed by atoms with Crippen molar-refractivity contribution in [1.29, 1.82) is 0 Å². The predicted molar refractivity (Wildman–Crippen MR) is 80.3 cm³/mol. The summed E-state index contributed by atoms with van der Waals surface area (Å²) >= 11 is 0. The first kappa shape index (κ1) is 14.6. The minimum absolute atomic E-state index is 0.327. The van der Waals surface area contributed by atoms with Crippen molar-refractivity contribution in [2.75, 3.05) is 6.54 Å². The number of hydrogen-bond donors (Lipinski definition) is 1. The predicted octanol–water partition coefficient (Wildman–Crippen LogP) is 2.78.